The van der Waals surface area contributed by atoms with Gasteiger partial charge in [0.2, 0.25) is 0 Å². The standard InChI is InChI=1S/C18H31NO4/c1-3-5-7-9-11-15(12-10-8-6-4-2)18(22)23-19-16(20)13-14-17(19)21/h15H,3-14H2,1-2H3. The normalized spacial score (nSPS) is 14.8. The number of nitrogens with zero attached hydrogens (tertiary/aromatic N) is 1. The predicted octanol–water partition coefficient (Wildman–Crippen LogP) is 4.15. The average molecular weight is 325 g/mol. The quantitative estimate of drug-likeness (QED) is 0.399. The van der Waals surface area contributed by atoms with Crippen LogP contribution in [0.4, 0.5) is 0 Å². The summed E-state index contributed by atoms with van der Waals surface area (Å²) in [4.78, 5) is 40.6. The number of unbranched alkanes of at least 4 members (excludes halogenated alkanes) is 6. The van der Waals surface area contributed by atoms with Gasteiger partial charge in [-0.05, 0) is 12.8 Å². The molecule has 0 aromatic carbocycles. The van der Waals surface area contributed by atoms with E-state index in [0.717, 1.165) is 51.4 Å². The fraction of sp³-hybridized carbons (Fsp3) is 0.833. The van der Waals surface area contributed by atoms with Gasteiger partial charge in [0, 0.05) is 12.8 Å². The Morgan fingerprint density at radius 1 is 0.913 bits per heavy atom. The monoisotopic (exact) mass is 325 g/mol. The molecule has 0 N–H and O–H groups in total. The van der Waals surface area contributed by atoms with Crippen molar-refractivity contribution in [2.24, 2.45) is 5.92 Å². The Morgan fingerprint density at radius 2 is 1.39 bits per heavy atom. The zero-order valence-corrected chi connectivity index (χ0v) is 14.6. The number of rotatable bonds is 12. The summed E-state index contributed by atoms with van der Waals surface area (Å²) < 4.78 is 0. The first-order valence-corrected chi connectivity index (χ1v) is 9.17. The van der Waals surface area contributed by atoms with E-state index in [1.165, 1.54) is 12.8 Å². The molecule has 0 saturated carbocycles. The van der Waals surface area contributed by atoms with Gasteiger partial charge < -0.3 is 4.84 Å². The molecule has 0 aromatic heterocycles. The van der Waals surface area contributed by atoms with Crippen LogP contribution in [0.5, 0.6) is 0 Å². The van der Waals surface area contributed by atoms with Crippen LogP contribution in [0.2, 0.25) is 0 Å². The predicted molar refractivity (Wildman–Crippen MR) is 88.2 cm³/mol. The summed E-state index contributed by atoms with van der Waals surface area (Å²) in [5, 5.41) is 0.674. The van der Waals surface area contributed by atoms with Crippen molar-refractivity contribution in [1.29, 1.82) is 0 Å². The maximum Gasteiger partial charge on any atom is 0.336 e. The van der Waals surface area contributed by atoms with Gasteiger partial charge in [-0.3, -0.25) is 9.59 Å². The third-order valence-electron chi connectivity index (χ3n) is 4.33. The van der Waals surface area contributed by atoms with Crippen LogP contribution in [0.3, 0.4) is 0 Å². The van der Waals surface area contributed by atoms with Crippen LogP contribution in [0.15, 0.2) is 0 Å². The lowest BCUT2D eigenvalue weighted by Crippen LogP contribution is -2.34. The van der Waals surface area contributed by atoms with Crippen LogP contribution in [0.1, 0.15) is 90.9 Å². The van der Waals surface area contributed by atoms with E-state index in [9.17, 15) is 14.4 Å². The van der Waals surface area contributed by atoms with Crippen molar-refractivity contribution in [2.45, 2.75) is 90.9 Å². The maximum absolute atomic E-state index is 12.3. The summed E-state index contributed by atoms with van der Waals surface area (Å²) in [5.41, 5.74) is 0. The first-order valence-electron chi connectivity index (χ1n) is 9.17. The number of carbonyl (C=O) groups is 3. The molecule has 5 nitrogen and oxygen atoms in total. The first-order chi connectivity index (χ1) is 11.1. The summed E-state index contributed by atoms with van der Waals surface area (Å²) in [7, 11) is 0. The van der Waals surface area contributed by atoms with Gasteiger partial charge in [0.05, 0.1) is 5.92 Å². The lowest BCUT2D eigenvalue weighted by molar-refractivity contribution is -0.201. The molecule has 1 fully saturated rings. The van der Waals surface area contributed by atoms with Crippen molar-refractivity contribution in [3.8, 4) is 0 Å². The summed E-state index contributed by atoms with van der Waals surface area (Å²) >= 11 is 0. The number of carbonyl (C=O) groups excluding carboxylic acids is 3. The van der Waals surface area contributed by atoms with Crippen molar-refractivity contribution in [3.63, 3.8) is 0 Å². The SMILES string of the molecule is CCCCCCC(CCCCCC)C(=O)ON1C(=O)CCC1=O. The van der Waals surface area contributed by atoms with Gasteiger partial charge in [0.1, 0.15) is 0 Å². The van der Waals surface area contributed by atoms with Gasteiger partial charge in [-0.2, -0.15) is 0 Å². The minimum atomic E-state index is -0.415. The molecule has 2 amide bonds. The highest BCUT2D eigenvalue weighted by Crippen LogP contribution is 2.22. The van der Waals surface area contributed by atoms with Crippen LogP contribution in [-0.4, -0.2) is 22.8 Å². The molecule has 0 radical (unpaired) electrons. The van der Waals surface area contributed by atoms with Gasteiger partial charge in [-0.1, -0.05) is 65.2 Å². The lowest BCUT2D eigenvalue weighted by Gasteiger charge is -2.19. The Hall–Kier alpha value is -1.39. The maximum atomic E-state index is 12.3. The molecule has 0 aliphatic carbocycles. The summed E-state index contributed by atoms with van der Waals surface area (Å²) in [6.07, 6.45) is 10.7. The number of hydroxylamine groups is 2. The van der Waals surface area contributed by atoms with Crippen LogP contribution in [0, 0.1) is 5.92 Å². The highest BCUT2D eigenvalue weighted by atomic mass is 16.7. The third kappa shape index (κ3) is 7.14. The smallest absolute Gasteiger partial charge is 0.330 e. The molecule has 0 spiro atoms. The Morgan fingerprint density at radius 3 is 1.83 bits per heavy atom. The molecule has 132 valence electrons. The second-order valence-corrected chi connectivity index (χ2v) is 6.39. The topological polar surface area (TPSA) is 63.7 Å². The first kappa shape index (κ1) is 19.7. The van der Waals surface area contributed by atoms with Crippen LogP contribution in [0.25, 0.3) is 0 Å². The molecule has 1 heterocycles. The highest BCUT2D eigenvalue weighted by molar-refractivity contribution is 6.01. The van der Waals surface area contributed by atoms with E-state index in [2.05, 4.69) is 13.8 Å². The van der Waals surface area contributed by atoms with E-state index in [0.29, 0.717) is 5.06 Å². The largest absolute Gasteiger partial charge is 0.336 e. The van der Waals surface area contributed by atoms with Gasteiger partial charge in [0.25, 0.3) is 11.8 Å². The average Bonchev–Trinajstić information content (AvgIpc) is 2.85. The fourth-order valence-corrected chi connectivity index (χ4v) is 2.84. The second-order valence-electron chi connectivity index (χ2n) is 6.39. The van der Waals surface area contributed by atoms with E-state index in [1.807, 2.05) is 0 Å². The molecule has 1 saturated heterocycles. The molecule has 0 unspecified atom stereocenters. The molecule has 23 heavy (non-hydrogen) atoms. The Kier molecular flexibility index (Phi) is 9.57. The van der Waals surface area contributed by atoms with E-state index in [-0.39, 0.29) is 18.8 Å². The summed E-state index contributed by atoms with van der Waals surface area (Å²) in [6, 6.07) is 0. The number of hydrogen-bond donors (Lipinski definition) is 0. The van der Waals surface area contributed by atoms with E-state index < -0.39 is 17.8 Å². The van der Waals surface area contributed by atoms with Gasteiger partial charge >= 0.3 is 5.97 Å². The summed E-state index contributed by atoms with van der Waals surface area (Å²) in [5.74, 6) is -1.43. The summed E-state index contributed by atoms with van der Waals surface area (Å²) in [6.45, 7) is 4.31. The zero-order valence-electron chi connectivity index (χ0n) is 14.6. The number of imide groups is 1. The number of hydrogen-bond acceptors (Lipinski definition) is 4. The minimum Gasteiger partial charge on any atom is -0.330 e. The second kappa shape index (κ2) is 11.2. The zero-order chi connectivity index (χ0) is 17.1. The molecule has 0 aromatic rings. The molecule has 1 rings (SSSR count). The van der Waals surface area contributed by atoms with Crippen molar-refractivity contribution < 1.29 is 19.2 Å². The Balaban J connectivity index is 2.48. The molecule has 1 aliphatic heterocycles. The molecular formula is C18H31NO4. The van der Waals surface area contributed by atoms with Crippen molar-refractivity contribution in [2.75, 3.05) is 0 Å². The van der Waals surface area contributed by atoms with Gasteiger partial charge in [0.15, 0.2) is 0 Å². The lowest BCUT2D eigenvalue weighted by atomic mass is 9.94. The van der Waals surface area contributed by atoms with Crippen LogP contribution < -0.4 is 0 Å². The fourth-order valence-electron chi connectivity index (χ4n) is 2.84. The Labute approximate surface area is 139 Å². The molecule has 5 heteroatoms. The van der Waals surface area contributed by atoms with E-state index in [1.54, 1.807) is 0 Å². The van der Waals surface area contributed by atoms with Gasteiger partial charge in [-0.15, -0.1) is 5.06 Å². The van der Waals surface area contributed by atoms with Crippen molar-refractivity contribution >= 4 is 17.8 Å². The third-order valence-corrected chi connectivity index (χ3v) is 4.33. The van der Waals surface area contributed by atoms with Gasteiger partial charge in [-0.25, -0.2) is 4.79 Å². The van der Waals surface area contributed by atoms with Crippen molar-refractivity contribution in [1.82, 2.24) is 5.06 Å². The molecule has 0 atom stereocenters. The van der Waals surface area contributed by atoms with Crippen molar-refractivity contribution in [3.05, 3.63) is 0 Å². The van der Waals surface area contributed by atoms with Crippen LogP contribution in [-0.2, 0) is 19.2 Å². The molecule has 1 aliphatic rings. The minimum absolute atomic E-state index is 0.143. The Bertz CT molecular complexity index is 366. The van der Waals surface area contributed by atoms with Crippen LogP contribution >= 0.6 is 0 Å². The highest BCUT2D eigenvalue weighted by Gasteiger charge is 2.34. The van der Waals surface area contributed by atoms with E-state index in [4.69, 9.17) is 4.84 Å². The molecule has 0 bridgehead atoms. The number of amides is 2. The molecular weight excluding hydrogens is 294 g/mol. The van der Waals surface area contributed by atoms with E-state index >= 15 is 0 Å².